The number of nitrogens with zero attached hydrogens (tertiary/aromatic N) is 2. The van der Waals surface area contributed by atoms with Gasteiger partial charge in [0.05, 0.1) is 21.1 Å². The van der Waals surface area contributed by atoms with Crippen LogP contribution in [0.3, 0.4) is 0 Å². The van der Waals surface area contributed by atoms with Crippen molar-refractivity contribution in [3.63, 3.8) is 0 Å². The summed E-state index contributed by atoms with van der Waals surface area (Å²) in [5.41, 5.74) is 2.22. The zero-order valence-corrected chi connectivity index (χ0v) is 17.6. The lowest BCUT2D eigenvalue weighted by Crippen LogP contribution is -2.04. The van der Waals surface area contributed by atoms with Crippen LogP contribution in [0.25, 0.3) is 10.2 Å². The van der Waals surface area contributed by atoms with E-state index in [2.05, 4.69) is 15.3 Å². The highest BCUT2D eigenvalue weighted by molar-refractivity contribution is 7.20. The van der Waals surface area contributed by atoms with Gasteiger partial charge in [0.1, 0.15) is 28.5 Å². The second kappa shape index (κ2) is 8.37. The van der Waals surface area contributed by atoms with Gasteiger partial charge < -0.3 is 10.1 Å². The first-order valence-electron chi connectivity index (χ1n) is 8.71. The molecule has 0 aliphatic carbocycles. The Morgan fingerprint density at radius 3 is 2.52 bits per heavy atom. The minimum absolute atomic E-state index is 0.208. The SMILES string of the molecule is Cc1c(C(=O)OCc2ccccc2)sc2ncnc(Nc3c(Cl)cccc3Cl)c12. The normalized spacial score (nSPS) is 10.9. The molecule has 146 valence electrons. The molecule has 0 fully saturated rings. The van der Waals surface area contributed by atoms with Gasteiger partial charge in [0.15, 0.2) is 0 Å². The van der Waals surface area contributed by atoms with Gasteiger partial charge in [-0.05, 0) is 30.2 Å². The summed E-state index contributed by atoms with van der Waals surface area (Å²) in [6.45, 7) is 2.06. The number of aryl methyl sites for hydroxylation is 1. The van der Waals surface area contributed by atoms with E-state index in [0.717, 1.165) is 16.5 Å². The predicted octanol–water partition coefficient (Wildman–Crippen LogP) is 6.41. The third kappa shape index (κ3) is 4.05. The van der Waals surface area contributed by atoms with Crippen molar-refractivity contribution in [1.82, 2.24) is 9.97 Å². The molecule has 2 aromatic carbocycles. The quantitative estimate of drug-likeness (QED) is 0.361. The third-order valence-corrected chi connectivity index (χ3v) is 6.14. The Bertz CT molecular complexity index is 1180. The van der Waals surface area contributed by atoms with Gasteiger partial charge in [-0.3, -0.25) is 0 Å². The summed E-state index contributed by atoms with van der Waals surface area (Å²) in [6, 6.07) is 14.8. The molecule has 0 atom stereocenters. The van der Waals surface area contributed by atoms with E-state index in [9.17, 15) is 4.79 Å². The molecule has 0 amide bonds. The molecule has 8 heteroatoms. The summed E-state index contributed by atoms with van der Waals surface area (Å²) in [7, 11) is 0. The number of thiophene rings is 1. The number of hydrogen-bond donors (Lipinski definition) is 1. The van der Waals surface area contributed by atoms with E-state index < -0.39 is 5.97 Å². The number of carbonyl (C=O) groups is 1. The molecular weight excluding hydrogens is 429 g/mol. The molecular formula is C21H15Cl2N3O2S. The van der Waals surface area contributed by atoms with Crippen LogP contribution in [0.4, 0.5) is 11.5 Å². The van der Waals surface area contributed by atoms with Gasteiger partial charge in [-0.2, -0.15) is 0 Å². The monoisotopic (exact) mass is 443 g/mol. The molecule has 0 radical (unpaired) electrons. The van der Waals surface area contributed by atoms with Gasteiger partial charge in [-0.15, -0.1) is 11.3 Å². The number of rotatable bonds is 5. The number of nitrogens with one attached hydrogen (secondary N) is 1. The molecule has 0 unspecified atom stereocenters. The van der Waals surface area contributed by atoms with Crippen molar-refractivity contribution in [2.24, 2.45) is 0 Å². The first kappa shape index (κ1) is 19.6. The third-order valence-electron chi connectivity index (χ3n) is 4.33. The molecule has 4 rings (SSSR count). The number of hydrogen-bond acceptors (Lipinski definition) is 6. The van der Waals surface area contributed by atoms with Crippen molar-refractivity contribution in [1.29, 1.82) is 0 Å². The molecule has 1 N–H and O–H groups in total. The Hall–Kier alpha value is -2.67. The van der Waals surface area contributed by atoms with Crippen LogP contribution in [0, 0.1) is 6.92 Å². The van der Waals surface area contributed by atoms with E-state index in [1.54, 1.807) is 18.2 Å². The second-order valence-electron chi connectivity index (χ2n) is 6.24. The minimum Gasteiger partial charge on any atom is -0.457 e. The highest BCUT2D eigenvalue weighted by Gasteiger charge is 2.21. The number of para-hydroxylation sites is 1. The Balaban J connectivity index is 1.65. The average molecular weight is 444 g/mol. The number of carbonyl (C=O) groups excluding carboxylic acids is 1. The first-order valence-corrected chi connectivity index (χ1v) is 10.3. The Morgan fingerprint density at radius 2 is 1.79 bits per heavy atom. The topological polar surface area (TPSA) is 64.1 Å². The van der Waals surface area contributed by atoms with Crippen LogP contribution < -0.4 is 5.32 Å². The number of benzene rings is 2. The summed E-state index contributed by atoms with van der Waals surface area (Å²) < 4.78 is 5.48. The number of ether oxygens (including phenoxy) is 1. The Labute approximate surface area is 181 Å². The summed E-state index contributed by atoms with van der Waals surface area (Å²) >= 11 is 13.8. The van der Waals surface area contributed by atoms with Crippen LogP contribution >= 0.6 is 34.5 Å². The maximum Gasteiger partial charge on any atom is 0.349 e. The maximum atomic E-state index is 12.7. The van der Waals surface area contributed by atoms with Gasteiger partial charge in [-0.1, -0.05) is 59.6 Å². The number of fused-ring (bicyclic) bond motifs is 1. The van der Waals surface area contributed by atoms with Crippen molar-refractivity contribution in [2.45, 2.75) is 13.5 Å². The van der Waals surface area contributed by atoms with Crippen molar-refractivity contribution in [3.8, 4) is 0 Å². The molecule has 0 aliphatic heterocycles. The standard InChI is InChI=1S/C21H15Cl2N3O2S/c1-12-16-19(26-17-14(22)8-5-9-15(17)23)24-11-25-20(16)29-18(12)21(27)28-10-13-6-3-2-4-7-13/h2-9,11H,10H2,1H3,(H,24,25,26). The molecule has 5 nitrogen and oxygen atoms in total. The maximum absolute atomic E-state index is 12.7. The predicted molar refractivity (Wildman–Crippen MR) is 117 cm³/mol. The van der Waals surface area contributed by atoms with Gasteiger partial charge in [-0.25, -0.2) is 14.8 Å². The van der Waals surface area contributed by atoms with E-state index in [4.69, 9.17) is 27.9 Å². The Kier molecular flexibility index (Phi) is 5.67. The van der Waals surface area contributed by atoms with Crippen molar-refractivity contribution in [2.75, 3.05) is 5.32 Å². The fourth-order valence-corrected chi connectivity index (χ4v) is 4.42. The van der Waals surface area contributed by atoms with Crippen molar-refractivity contribution >= 4 is 62.2 Å². The highest BCUT2D eigenvalue weighted by Crippen LogP contribution is 2.38. The van der Waals surface area contributed by atoms with E-state index >= 15 is 0 Å². The Morgan fingerprint density at radius 1 is 1.07 bits per heavy atom. The molecule has 0 saturated carbocycles. The number of esters is 1. The zero-order chi connectivity index (χ0) is 20.4. The lowest BCUT2D eigenvalue weighted by Gasteiger charge is -2.10. The van der Waals surface area contributed by atoms with E-state index in [0.29, 0.717) is 31.3 Å². The summed E-state index contributed by atoms with van der Waals surface area (Å²) in [5.74, 6) is 0.136. The van der Waals surface area contributed by atoms with E-state index in [1.807, 2.05) is 37.3 Å². The van der Waals surface area contributed by atoms with Gasteiger partial charge in [0.2, 0.25) is 0 Å². The molecule has 0 bridgehead atoms. The van der Waals surface area contributed by atoms with E-state index in [1.165, 1.54) is 17.7 Å². The number of anilines is 2. The smallest absolute Gasteiger partial charge is 0.349 e. The fourth-order valence-electron chi connectivity index (χ4n) is 2.89. The summed E-state index contributed by atoms with van der Waals surface area (Å²) in [5, 5.41) is 4.85. The number of halogens is 2. The highest BCUT2D eigenvalue weighted by atomic mass is 35.5. The molecule has 2 aromatic heterocycles. The van der Waals surface area contributed by atoms with Crippen LogP contribution in [0.2, 0.25) is 10.0 Å². The molecule has 0 saturated heterocycles. The van der Waals surface area contributed by atoms with E-state index in [-0.39, 0.29) is 6.61 Å². The molecule has 2 heterocycles. The molecule has 0 aliphatic rings. The second-order valence-corrected chi connectivity index (χ2v) is 8.06. The molecule has 4 aromatic rings. The van der Waals surface area contributed by atoms with Crippen LogP contribution in [0.1, 0.15) is 20.8 Å². The molecule has 0 spiro atoms. The zero-order valence-electron chi connectivity index (χ0n) is 15.3. The van der Waals surface area contributed by atoms with Crippen molar-refractivity contribution < 1.29 is 9.53 Å². The molecule has 29 heavy (non-hydrogen) atoms. The van der Waals surface area contributed by atoms with Crippen LogP contribution in [0.15, 0.2) is 54.9 Å². The van der Waals surface area contributed by atoms with Gasteiger partial charge >= 0.3 is 5.97 Å². The van der Waals surface area contributed by atoms with Crippen molar-refractivity contribution in [3.05, 3.63) is 80.9 Å². The van der Waals surface area contributed by atoms with Crippen LogP contribution in [-0.4, -0.2) is 15.9 Å². The first-order chi connectivity index (χ1) is 14.0. The summed E-state index contributed by atoms with van der Waals surface area (Å²) in [6.07, 6.45) is 1.43. The van der Waals surface area contributed by atoms with Gasteiger partial charge in [0.25, 0.3) is 0 Å². The van der Waals surface area contributed by atoms with Crippen LogP contribution in [0.5, 0.6) is 0 Å². The van der Waals surface area contributed by atoms with Crippen LogP contribution in [-0.2, 0) is 11.3 Å². The van der Waals surface area contributed by atoms with Gasteiger partial charge in [0, 0.05) is 0 Å². The minimum atomic E-state index is -0.393. The number of aromatic nitrogens is 2. The fraction of sp³-hybridized carbons (Fsp3) is 0.0952. The lowest BCUT2D eigenvalue weighted by atomic mass is 10.2. The lowest BCUT2D eigenvalue weighted by molar-refractivity contribution is 0.0478. The summed E-state index contributed by atoms with van der Waals surface area (Å²) in [4.78, 5) is 22.5. The largest absolute Gasteiger partial charge is 0.457 e. The average Bonchev–Trinajstić information content (AvgIpc) is 3.07.